The molecule has 5 aliphatic carbocycles. The fraction of sp³-hybridized carbons (Fsp3) is 0.882. The van der Waals surface area contributed by atoms with Crippen LogP contribution in [0.2, 0.25) is 0 Å². The summed E-state index contributed by atoms with van der Waals surface area (Å²) in [5.41, 5.74) is 2.13. The van der Waals surface area contributed by atoms with Gasteiger partial charge in [0.05, 0.1) is 6.61 Å². The van der Waals surface area contributed by atoms with Crippen LogP contribution in [0.3, 0.4) is 0 Å². The predicted molar refractivity (Wildman–Crippen MR) is 151 cm³/mol. The highest BCUT2D eigenvalue weighted by molar-refractivity contribution is 5.66. The van der Waals surface area contributed by atoms with E-state index in [0.717, 1.165) is 31.1 Å². The first-order valence-electron chi connectivity index (χ1n) is 15.6. The average molecular weight is 527 g/mol. The van der Waals surface area contributed by atoms with Crippen LogP contribution in [-0.4, -0.2) is 24.6 Å². The van der Waals surface area contributed by atoms with Crippen LogP contribution in [0, 0.1) is 56.7 Å². The number of ether oxygens (including phenoxy) is 2. The minimum absolute atomic E-state index is 0.0586. The van der Waals surface area contributed by atoms with E-state index in [9.17, 15) is 9.59 Å². The molecular formula is C34H54O4. The number of carbonyl (C=O) groups excluding carboxylic acids is 2. The van der Waals surface area contributed by atoms with Gasteiger partial charge in [-0.25, -0.2) is 0 Å². The van der Waals surface area contributed by atoms with Crippen LogP contribution in [-0.2, 0) is 19.1 Å². The molecule has 0 radical (unpaired) electrons. The summed E-state index contributed by atoms with van der Waals surface area (Å²) in [5, 5.41) is 0. The van der Waals surface area contributed by atoms with Gasteiger partial charge in [0.1, 0.15) is 6.10 Å². The van der Waals surface area contributed by atoms with Crippen molar-refractivity contribution in [3.63, 3.8) is 0 Å². The molecule has 0 bridgehead atoms. The first-order chi connectivity index (χ1) is 17.6. The summed E-state index contributed by atoms with van der Waals surface area (Å²) in [6.45, 7) is 22.9. The lowest BCUT2D eigenvalue weighted by Crippen LogP contribution is -2.68. The first kappa shape index (κ1) is 28.2. The number of allylic oxidation sites excluding steroid dienone is 1. The number of hydrogen-bond donors (Lipinski definition) is 0. The monoisotopic (exact) mass is 526 g/mol. The average Bonchev–Trinajstić information content (AvgIpc) is 3.17. The molecule has 0 spiro atoms. The molecule has 214 valence electrons. The van der Waals surface area contributed by atoms with E-state index < -0.39 is 0 Å². The molecule has 10 atom stereocenters. The summed E-state index contributed by atoms with van der Waals surface area (Å²) in [7, 11) is 0. The van der Waals surface area contributed by atoms with E-state index in [1.165, 1.54) is 57.4 Å². The zero-order chi connectivity index (χ0) is 27.9. The summed E-state index contributed by atoms with van der Waals surface area (Å²) in [4.78, 5) is 24.2. The summed E-state index contributed by atoms with van der Waals surface area (Å²) >= 11 is 0. The van der Waals surface area contributed by atoms with E-state index in [4.69, 9.17) is 9.47 Å². The lowest BCUT2D eigenvalue weighted by atomic mass is 9.32. The van der Waals surface area contributed by atoms with Crippen LogP contribution < -0.4 is 0 Å². The second-order valence-corrected chi connectivity index (χ2v) is 15.8. The Morgan fingerprint density at radius 2 is 1.47 bits per heavy atom. The third kappa shape index (κ3) is 3.80. The Balaban J connectivity index is 1.56. The van der Waals surface area contributed by atoms with Gasteiger partial charge in [-0.2, -0.15) is 0 Å². The first-order valence-corrected chi connectivity index (χ1v) is 15.6. The summed E-state index contributed by atoms with van der Waals surface area (Å²) < 4.78 is 11.9. The molecule has 0 N–H and O–H groups in total. The topological polar surface area (TPSA) is 52.6 Å². The quantitative estimate of drug-likeness (QED) is 0.274. The predicted octanol–water partition coefficient (Wildman–Crippen LogP) is 8.14. The van der Waals surface area contributed by atoms with Gasteiger partial charge in [0.2, 0.25) is 0 Å². The van der Waals surface area contributed by atoms with E-state index in [1.54, 1.807) is 6.92 Å². The van der Waals surface area contributed by atoms with Gasteiger partial charge < -0.3 is 9.47 Å². The van der Waals surface area contributed by atoms with Crippen molar-refractivity contribution in [1.29, 1.82) is 0 Å². The zero-order valence-electron chi connectivity index (χ0n) is 25.6. The normalized spacial score (nSPS) is 49.1. The molecule has 4 nitrogen and oxygen atoms in total. The Labute approximate surface area is 232 Å². The smallest absolute Gasteiger partial charge is 0.302 e. The number of carbonyl (C=O) groups is 2. The van der Waals surface area contributed by atoms with Gasteiger partial charge in [-0.15, -0.1) is 0 Å². The van der Waals surface area contributed by atoms with Gasteiger partial charge >= 0.3 is 11.9 Å². The van der Waals surface area contributed by atoms with Crippen molar-refractivity contribution in [1.82, 2.24) is 0 Å². The van der Waals surface area contributed by atoms with Crippen molar-refractivity contribution in [3.05, 3.63) is 12.2 Å². The Kier molecular flexibility index (Phi) is 6.76. The van der Waals surface area contributed by atoms with Crippen molar-refractivity contribution in [2.75, 3.05) is 6.61 Å². The molecule has 5 aliphatic rings. The molecule has 0 aromatic heterocycles. The highest BCUT2D eigenvalue weighted by atomic mass is 16.5. The van der Waals surface area contributed by atoms with Crippen LogP contribution in [0.4, 0.5) is 0 Å². The number of rotatable bonds is 4. The Morgan fingerprint density at radius 1 is 0.763 bits per heavy atom. The number of esters is 2. The lowest BCUT2D eigenvalue weighted by molar-refractivity contribution is -0.263. The lowest BCUT2D eigenvalue weighted by Gasteiger charge is -2.73. The third-order valence-electron chi connectivity index (χ3n) is 14.0. The van der Waals surface area contributed by atoms with Gasteiger partial charge in [-0.1, -0.05) is 46.8 Å². The molecule has 0 amide bonds. The maximum atomic E-state index is 12.2. The fourth-order valence-electron chi connectivity index (χ4n) is 12.1. The highest BCUT2D eigenvalue weighted by Gasteiger charge is 2.71. The Hall–Kier alpha value is -1.32. The van der Waals surface area contributed by atoms with Crippen molar-refractivity contribution in [2.45, 2.75) is 126 Å². The standard InChI is InChI=1S/C34H54O4/c1-21(2)24-12-15-31(7)18-19-32(8)25(29(24)31)10-11-27-33(32,9)16-13-26-30(5,6)28(38-23(4)36)14-17-34(26,27)20-37-22(3)35/h24-29H,1,10-20H2,2-9H3/t24?,25?,26?,27?,28-,29?,31+,32+,33+,34+/m0/s1. The molecule has 4 heteroatoms. The second-order valence-electron chi connectivity index (χ2n) is 15.8. The molecule has 5 saturated carbocycles. The number of fused-ring (bicyclic) bond motifs is 7. The molecule has 0 aromatic carbocycles. The van der Waals surface area contributed by atoms with E-state index in [0.29, 0.717) is 29.8 Å². The van der Waals surface area contributed by atoms with E-state index >= 15 is 0 Å². The fourth-order valence-corrected chi connectivity index (χ4v) is 12.1. The van der Waals surface area contributed by atoms with Crippen LogP contribution in [0.15, 0.2) is 12.2 Å². The maximum absolute atomic E-state index is 12.2. The minimum Gasteiger partial charge on any atom is -0.465 e. The molecule has 0 heterocycles. The largest absolute Gasteiger partial charge is 0.465 e. The van der Waals surface area contributed by atoms with Crippen molar-refractivity contribution >= 4 is 11.9 Å². The second kappa shape index (κ2) is 9.10. The van der Waals surface area contributed by atoms with E-state index in [1.807, 2.05) is 0 Å². The highest BCUT2D eigenvalue weighted by Crippen LogP contribution is 2.77. The van der Waals surface area contributed by atoms with Crippen molar-refractivity contribution < 1.29 is 19.1 Å². The Bertz CT molecular complexity index is 998. The van der Waals surface area contributed by atoms with Crippen LogP contribution in [0.1, 0.15) is 120 Å². The van der Waals surface area contributed by atoms with Crippen molar-refractivity contribution in [3.8, 4) is 0 Å². The van der Waals surface area contributed by atoms with Crippen LogP contribution in [0.5, 0.6) is 0 Å². The van der Waals surface area contributed by atoms with Gasteiger partial charge in [-0.05, 0) is 117 Å². The molecular weight excluding hydrogens is 472 g/mol. The van der Waals surface area contributed by atoms with E-state index in [-0.39, 0.29) is 39.7 Å². The van der Waals surface area contributed by atoms with Gasteiger partial charge in [0.25, 0.3) is 0 Å². The maximum Gasteiger partial charge on any atom is 0.302 e. The molecule has 0 saturated heterocycles. The zero-order valence-corrected chi connectivity index (χ0v) is 25.6. The SMILES string of the molecule is C=C(C)C1CC[C@]2(C)CC[C@]3(C)C(CCC4[C@@]5(COC(C)=O)CC[C@H](OC(C)=O)C(C)(C)C5CC[C@]43C)C12. The molecule has 5 fully saturated rings. The molecule has 5 unspecified atom stereocenters. The third-order valence-corrected chi connectivity index (χ3v) is 14.0. The Morgan fingerprint density at radius 3 is 2.11 bits per heavy atom. The summed E-state index contributed by atoms with van der Waals surface area (Å²) in [5.74, 6) is 2.67. The van der Waals surface area contributed by atoms with Crippen LogP contribution in [0.25, 0.3) is 0 Å². The summed E-state index contributed by atoms with van der Waals surface area (Å²) in [6.07, 6.45) is 11.9. The van der Waals surface area contributed by atoms with Gasteiger partial charge in [-0.3, -0.25) is 9.59 Å². The van der Waals surface area contributed by atoms with Crippen molar-refractivity contribution in [2.24, 2.45) is 56.7 Å². The van der Waals surface area contributed by atoms with Gasteiger partial charge in [0, 0.05) is 24.7 Å². The minimum atomic E-state index is -0.182. The van der Waals surface area contributed by atoms with Gasteiger partial charge in [0.15, 0.2) is 0 Å². The molecule has 38 heavy (non-hydrogen) atoms. The van der Waals surface area contributed by atoms with Crippen LogP contribution >= 0.6 is 0 Å². The van der Waals surface area contributed by atoms with E-state index in [2.05, 4.69) is 48.1 Å². The molecule has 0 aliphatic heterocycles. The molecule has 5 rings (SSSR count). The number of hydrogen-bond acceptors (Lipinski definition) is 4. The summed E-state index contributed by atoms with van der Waals surface area (Å²) in [6, 6.07) is 0. The molecule has 0 aromatic rings.